The molecule has 2 atom stereocenters. The third-order valence-corrected chi connectivity index (χ3v) is 3.20. The maximum absolute atomic E-state index is 3.47. The van der Waals surface area contributed by atoms with Crippen LogP contribution in [0.4, 0.5) is 0 Å². The molecule has 1 fully saturated rings. The number of hydrogen-bond donors (Lipinski definition) is 1. The van der Waals surface area contributed by atoms with Crippen LogP contribution in [0, 0.1) is 5.92 Å². The Labute approximate surface area is 95.4 Å². The van der Waals surface area contributed by atoms with Crippen LogP contribution >= 0.6 is 11.8 Å². The van der Waals surface area contributed by atoms with Crippen LogP contribution in [-0.4, -0.2) is 24.1 Å². The highest BCUT2D eigenvalue weighted by Gasteiger charge is 2.13. The van der Waals surface area contributed by atoms with Gasteiger partial charge in [-0.1, -0.05) is 41.0 Å². The summed E-state index contributed by atoms with van der Waals surface area (Å²) < 4.78 is 0. The second-order valence-electron chi connectivity index (χ2n) is 3.50. The Balaban J connectivity index is 0. The third-order valence-electron chi connectivity index (χ3n) is 1.95. The van der Waals surface area contributed by atoms with E-state index in [4.69, 9.17) is 0 Å². The molecular formula is C12H29NS. The molecule has 0 saturated carbocycles. The summed E-state index contributed by atoms with van der Waals surface area (Å²) in [5.74, 6) is 3.46. The highest BCUT2D eigenvalue weighted by atomic mass is 32.2. The van der Waals surface area contributed by atoms with Crippen molar-refractivity contribution < 1.29 is 0 Å². The Hall–Kier alpha value is 0.310. The van der Waals surface area contributed by atoms with Crippen molar-refractivity contribution in [3.05, 3.63) is 0 Å². The van der Waals surface area contributed by atoms with Crippen LogP contribution in [0.3, 0.4) is 0 Å². The molecule has 0 bridgehead atoms. The zero-order chi connectivity index (χ0) is 11.4. The molecule has 0 aromatic heterocycles. The van der Waals surface area contributed by atoms with Gasteiger partial charge < -0.3 is 5.32 Å². The van der Waals surface area contributed by atoms with Crippen LogP contribution in [0.5, 0.6) is 0 Å². The minimum Gasteiger partial charge on any atom is -0.313 e. The highest BCUT2D eigenvalue weighted by Crippen LogP contribution is 2.14. The standard InChI is InChI=1S/C7H15NS.C3H8.C2H6/c1-6-5-9-4-3-8-7(6)2;1-3-2;1-2/h6-8H,3-5H2,1-2H3;3H2,1-2H3;1-2H3. The average molecular weight is 219 g/mol. The third kappa shape index (κ3) is 10.4. The van der Waals surface area contributed by atoms with Gasteiger partial charge in [-0.25, -0.2) is 0 Å². The molecule has 1 rings (SSSR count). The van der Waals surface area contributed by atoms with E-state index in [-0.39, 0.29) is 0 Å². The highest BCUT2D eigenvalue weighted by molar-refractivity contribution is 7.99. The number of nitrogens with one attached hydrogen (secondary N) is 1. The zero-order valence-electron chi connectivity index (χ0n) is 10.9. The SMILES string of the molecule is CC.CC1CSCCNC1C.CCC. The van der Waals surface area contributed by atoms with Crippen molar-refractivity contribution in [2.24, 2.45) is 5.92 Å². The molecule has 0 amide bonds. The van der Waals surface area contributed by atoms with Gasteiger partial charge in [-0.05, 0) is 18.6 Å². The summed E-state index contributed by atoms with van der Waals surface area (Å²) in [5.41, 5.74) is 0. The Morgan fingerprint density at radius 2 is 1.71 bits per heavy atom. The first-order chi connectivity index (χ1) is 6.72. The molecule has 1 aliphatic rings. The van der Waals surface area contributed by atoms with Crippen molar-refractivity contribution >= 4 is 11.8 Å². The topological polar surface area (TPSA) is 12.0 Å². The van der Waals surface area contributed by atoms with Gasteiger partial charge in [0.2, 0.25) is 0 Å². The van der Waals surface area contributed by atoms with Crippen LogP contribution in [0.15, 0.2) is 0 Å². The second-order valence-corrected chi connectivity index (χ2v) is 4.65. The first-order valence-corrected chi connectivity index (χ1v) is 7.18. The molecule has 0 aromatic rings. The quantitative estimate of drug-likeness (QED) is 0.665. The van der Waals surface area contributed by atoms with Crippen molar-refractivity contribution in [1.82, 2.24) is 5.32 Å². The molecule has 0 radical (unpaired) electrons. The molecule has 2 unspecified atom stereocenters. The zero-order valence-corrected chi connectivity index (χ0v) is 11.7. The summed E-state index contributed by atoms with van der Waals surface area (Å²) in [7, 11) is 0. The Kier molecular flexibility index (Phi) is 15.9. The fourth-order valence-corrected chi connectivity index (χ4v) is 2.06. The summed E-state index contributed by atoms with van der Waals surface area (Å²) in [5, 5.41) is 3.47. The smallest absolute Gasteiger partial charge is 0.00725 e. The summed E-state index contributed by atoms with van der Waals surface area (Å²) >= 11 is 2.07. The Morgan fingerprint density at radius 1 is 1.21 bits per heavy atom. The molecule has 0 spiro atoms. The fraction of sp³-hybridized carbons (Fsp3) is 1.00. The van der Waals surface area contributed by atoms with Gasteiger partial charge >= 0.3 is 0 Å². The van der Waals surface area contributed by atoms with E-state index in [0.29, 0.717) is 0 Å². The van der Waals surface area contributed by atoms with E-state index in [1.54, 1.807) is 0 Å². The van der Waals surface area contributed by atoms with Gasteiger partial charge in [-0.15, -0.1) is 0 Å². The number of rotatable bonds is 0. The summed E-state index contributed by atoms with van der Waals surface area (Å²) in [6, 6.07) is 0.722. The van der Waals surface area contributed by atoms with Gasteiger partial charge in [0.05, 0.1) is 0 Å². The van der Waals surface area contributed by atoms with Gasteiger partial charge in [0.1, 0.15) is 0 Å². The lowest BCUT2D eigenvalue weighted by Gasteiger charge is -2.15. The van der Waals surface area contributed by atoms with Crippen molar-refractivity contribution in [3.8, 4) is 0 Å². The normalized spacial score (nSPS) is 26.1. The van der Waals surface area contributed by atoms with E-state index in [0.717, 1.165) is 12.0 Å². The minimum absolute atomic E-state index is 0.722. The maximum atomic E-state index is 3.47. The number of thioether (sulfide) groups is 1. The van der Waals surface area contributed by atoms with E-state index < -0.39 is 0 Å². The van der Waals surface area contributed by atoms with E-state index in [2.05, 4.69) is 44.8 Å². The molecule has 2 heteroatoms. The largest absolute Gasteiger partial charge is 0.313 e. The molecule has 1 saturated heterocycles. The summed E-state index contributed by atoms with van der Waals surface area (Å²) in [4.78, 5) is 0. The molecule has 1 aliphatic heterocycles. The molecular weight excluding hydrogens is 190 g/mol. The molecule has 0 aliphatic carbocycles. The monoisotopic (exact) mass is 219 g/mol. The molecule has 1 heterocycles. The van der Waals surface area contributed by atoms with Crippen molar-refractivity contribution in [2.75, 3.05) is 18.1 Å². The molecule has 1 nitrogen and oxygen atoms in total. The van der Waals surface area contributed by atoms with Crippen LogP contribution in [-0.2, 0) is 0 Å². The Bertz CT molecular complexity index is 86.3. The molecule has 0 aromatic carbocycles. The van der Waals surface area contributed by atoms with Crippen LogP contribution in [0.25, 0.3) is 0 Å². The summed E-state index contributed by atoms with van der Waals surface area (Å²) in [6.07, 6.45) is 1.25. The van der Waals surface area contributed by atoms with Crippen LogP contribution in [0.1, 0.15) is 48.0 Å². The lowest BCUT2D eigenvalue weighted by molar-refractivity contribution is 0.452. The van der Waals surface area contributed by atoms with Gasteiger partial charge in [0.15, 0.2) is 0 Å². The van der Waals surface area contributed by atoms with Crippen molar-refractivity contribution in [2.45, 2.75) is 54.0 Å². The van der Waals surface area contributed by atoms with Gasteiger partial charge in [0, 0.05) is 18.3 Å². The minimum atomic E-state index is 0.722. The first-order valence-electron chi connectivity index (χ1n) is 6.03. The van der Waals surface area contributed by atoms with E-state index in [1.165, 1.54) is 24.5 Å². The van der Waals surface area contributed by atoms with Crippen molar-refractivity contribution in [1.29, 1.82) is 0 Å². The first kappa shape index (κ1) is 16.7. The maximum Gasteiger partial charge on any atom is 0.00725 e. The van der Waals surface area contributed by atoms with Gasteiger partial charge in [-0.2, -0.15) is 11.8 Å². The van der Waals surface area contributed by atoms with E-state index in [1.807, 2.05) is 13.8 Å². The van der Waals surface area contributed by atoms with Crippen LogP contribution in [0.2, 0.25) is 0 Å². The molecule has 88 valence electrons. The van der Waals surface area contributed by atoms with Gasteiger partial charge in [0.25, 0.3) is 0 Å². The Morgan fingerprint density at radius 3 is 2.21 bits per heavy atom. The fourth-order valence-electron chi connectivity index (χ4n) is 0.974. The number of hydrogen-bond acceptors (Lipinski definition) is 2. The average Bonchev–Trinajstić information content (AvgIpc) is 2.37. The predicted octanol–water partition coefficient (Wildman–Crippen LogP) is 3.79. The summed E-state index contributed by atoms with van der Waals surface area (Å²) in [6.45, 7) is 14.0. The van der Waals surface area contributed by atoms with Crippen LogP contribution < -0.4 is 5.32 Å². The predicted molar refractivity (Wildman–Crippen MR) is 71.3 cm³/mol. The van der Waals surface area contributed by atoms with E-state index >= 15 is 0 Å². The van der Waals surface area contributed by atoms with Gasteiger partial charge in [-0.3, -0.25) is 0 Å². The van der Waals surface area contributed by atoms with Crippen molar-refractivity contribution in [3.63, 3.8) is 0 Å². The molecule has 14 heavy (non-hydrogen) atoms. The van der Waals surface area contributed by atoms with E-state index in [9.17, 15) is 0 Å². The lowest BCUT2D eigenvalue weighted by Crippen LogP contribution is -2.31. The molecule has 1 N–H and O–H groups in total. The lowest BCUT2D eigenvalue weighted by atomic mass is 10.1. The second kappa shape index (κ2) is 13.3.